The summed E-state index contributed by atoms with van der Waals surface area (Å²) in [6.07, 6.45) is 3.17. The minimum Gasteiger partial charge on any atom is -0.478 e. The second kappa shape index (κ2) is 6.89. The molecule has 1 aromatic carbocycles. The average molecular weight is 339 g/mol. The van der Waals surface area contributed by atoms with Crippen LogP contribution >= 0.6 is 0 Å². The Balaban J connectivity index is 1.98. The van der Waals surface area contributed by atoms with Gasteiger partial charge in [0.05, 0.1) is 28.7 Å². The number of nitriles is 1. The number of halogens is 1. The lowest BCUT2D eigenvalue weighted by molar-refractivity contribution is 0.0691. The summed E-state index contributed by atoms with van der Waals surface area (Å²) in [5.74, 6) is -1.65. The molecule has 1 saturated heterocycles. The number of hydrogen-bond donors (Lipinski definition) is 1. The molecule has 1 N–H and O–H groups in total. The van der Waals surface area contributed by atoms with Gasteiger partial charge in [0.2, 0.25) is 0 Å². The molecule has 0 bridgehead atoms. The van der Waals surface area contributed by atoms with Gasteiger partial charge in [-0.2, -0.15) is 5.26 Å². The lowest BCUT2D eigenvalue weighted by atomic mass is 9.98. The van der Waals surface area contributed by atoms with E-state index in [0.717, 1.165) is 31.4 Å². The van der Waals surface area contributed by atoms with Crippen molar-refractivity contribution in [3.8, 4) is 17.3 Å². The first-order valence-electron chi connectivity index (χ1n) is 8.18. The minimum atomic E-state index is -1.35. The molecule has 0 amide bonds. The molecule has 6 heteroatoms. The molecule has 0 radical (unpaired) electrons. The van der Waals surface area contributed by atoms with Crippen LogP contribution in [-0.4, -0.2) is 29.1 Å². The predicted molar refractivity (Wildman–Crippen MR) is 91.9 cm³/mol. The molecule has 0 spiro atoms. The quantitative estimate of drug-likeness (QED) is 0.923. The Kier molecular flexibility index (Phi) is 4.66. The normalized spacial score (nSPS) is 17.2. The van der Waals surface area contributed by atoms with Crippen LogP contribution in [-0.2, 0) is 0 Å². The van der Waals surface area contributed by atoms with Crippen LogP contribution in [0.25, 0.3) is 11.3 Å². The van der Waals surface area contributed by atoms with Gasteiger partial charge in [-0.05, 0) is 37.0 Å². The monoisotopic (exact) mass is 339 g/mol. The molecule has 1 unspecified atom stereocenters. The van der Waals surface area contributed by atoms with E-state index in [-0.39, 0.29) is 0 Å². The molecule has 128 valence electrons. The Bertz CT molecular complexity index is 860. The van der Waals surface area contributed by atoms with Crippen LogP contribution in [0.5, 0.6) is 0 Å². The van der Waals surface area contributed by atoms with Crippen LogP contribution in [0, 0.1) is 23.1 Å². The Hall–Kier alpha value is -2.94. The van der Waals surface area contributed by atoms with Gasteiger partial charge in [-0.25, -0.2) is 9.18 Å². The number of rotatable bonds is 3. The third-order valence-electron chi connectivity index (χ3n) is 4.50. The highest BCUT2D eigenvalue weighted by atomic mass is 19.1. The zero-order chi connectivity index (χ0) is 18.0. The summed E-state index contributed by atoms with van der Waals surface area (Å²) in [7, 11) is 0. The van der Waals surface area contributed by atoms with Gasteiger partial charge < -0.3 is 10.0 Å². The topological polar surface area (TPSA) is 77.2 Å². The zero-order valence-electron chi connectivity index (χ0n) is 13.9. The fraction of sp³-hybridized carbons (Fsp3) is 0.316. The van der Waals surface area contributed by atoms with E-state index in [0.29, 0.717) is 22.7 Å². The van der Waals surface area contributed by atoms with Crippen molar-refractivity contribution >= 4 is 11.7 Å². The van der Waals surface area contributed by atoms with Crippen LogP contribution in [0.2, 0.25) is 0 Å². The van der Waals surface area contributed by atoms with E-state index >= 15 is 0 Å². The number of aromatic carboxylic acids is 1. The summed E-state index contributed by atoms with van der Waals surface area (Å²) in [5.41, 5.74) is 1.87. The number of benzene rings is 1. The number of pyridine rings is 1. The summed E-state index contributed by atoms with van der Waals surface area (Å²) in [4.78, 5) is 17.3. The minimum absolute atomic E-state index is 0.328. The molecule has 1 fully saturated rings. The molecule has 1 atom stereocenters. The average Bonchev–Trinajstić information content (AvgIpc) is 2.61. The number of hydrogen-bond acceptors (Lipinski definition) is 4. The fourth-order valence-electron chi connectivity index (χ4n) is 3.23. The van der Waals surface area contributed by atoms with Gasteiger partial charge in [0.1, 0.15) is 6.07 Å². The van der Waals surface area contributed by atoms with E-state index in [9.17, 15) is 14.4 Å². The second-order valence-electron chi connectivity index (χ2n) is 6.39. The van der Waals surface area contributed by atoms with Gasteiger partial charge in [-0.1, -0.05) is 13.0 Å². The van der Waals surface area contributed by atoms with Gasteiger partial charge in [-0.15, -0.1) is 0 Å². The Morgan fingerprint density at radius 1 is 1.44 bits per heavy atom. The van der Waals surface area contributed by atoms with Crippen molar-refractivity contribution in [2.45, 2.75) is 19.8 Å². The van der Waals surface area contributed by atoms with E-state index in [1.807, 2.05) is 6.07 Å². The van der Waals surface area contributed by atoms with Crippen molar-refractivity contribution in [2.24, 2.45) is 5.92 Å². The van der Waals surface area contributed by atoms with Crippen LogP contribution < -0.4 is 4.90 Å². The summed E-state index contributed by atoms with van der Waals surface area (Å²) in [5, 5.41) is 18.6. The molecule has 25 heavy (non-hydrogen) atoms. The van der Waals surface area contributed by atoms with Crippen molar-refractivity contribution in [2.75, 3.05) is 18.0 Å². The number of nitrogens with zero attached hydrogens (tertiary/aromatic N) is 3. The van der Waals surface area contributed by atoms with Crippen molar-refractivity contribution in [3.05, 3.63) is 47.4 Å². The van der Waals surface area contributed by atoms with Gasteiger partial charge in [0.15, 0.2) is 5.82 Å². The first kappa shape index (κ1) is 16.9. The highest BCUT2D eigenvalue weighted by Crippen LogP contribution is 2.30. The van der Waals surface area contributed by atoms with E-state index in [1.165, 1.54) is 12.5 Å². The van der Waals surface area contributed by atoms with Crippen molar-refractivity contribution in [3.63, 3.8) is 0 Å². The van der Waals surface area contributed by atoms with Gasteiger partial charge >= 0.3 is 5.97 Å². The van der Waals surface area contributed by atoms with Gasteiger partial charge in [-0.3, -0.25) is 4.98 Å². The fourth-order valence-corrected chi connectivity index (χ4v) is 3.23. The van der Waals surface area contributed by atoms with E-state index < -0.39 is 17.3 Å². The third kappa shape index (κ3) is 3.45. The van der Waals surface area contributed by atoms with Gasteiger partial charge in [0, 0.05) is 18.7 Å². The van der Waals surface area contributed by atoms with Crippen LogP contribution in [0.1, 0.15) is 35.7 Å². The molecule has 2 aromatic rings. The summed E-state index contributed by atoms with van der Waals surface area (Å²) in [6.45, 7) is 4.02. The van der Waals surface area contributed by atoms with Gasteiger partial charge in [0.25, 0.3) is 0 Å². The Morgan fingerprint density at radius 2 is 2.24 bits per heavy atom. The van der Waals surface area contributed by atoms with Crippen LogP contribution in [0.3, 0.4) is 0 Å². The molecular formula is C19H18FN3O2. The molecule has 0 saturated carbocycles. The smallest absolute Gasteiger partial charge is 0.338 e. The molecule has 0 aliphatic carbocycles. The molecule has 1 aromatic heterocycles. The summed E-state index contributed by atoms with van der Waals surface area (Å²) >= 11 is 0. The molecule has 3 rings (SSSR count). The van der Waals surface area contributed by atoms with Crippen molar-refractivity contribution in [1.82, 2.24) is 4.98 Å². The first-order valence-corrected chi connectivity index (χ1v) is 8.18. The number of carbonyl (C=O) groups is 1. The largest absolute Gasteiger partial charge is 0.478 e. The maximum atomic E-state index is 13.5. The third-order valence-corrected chi connectivity index (χ3v) is 4.50. The number of carboxylic acid groups (broad SMARTS) is 1. The molecule has 1 aliphatic heterocycles. The van der Waals surface area contributed by atoms with Crippen LogP contribution in [0.15, 0.2) is 30.5 Å². The lowest BCUT2D eigenvalue weighted by Gasteiger charge is -2.33. The van der Waals surface area contributed by atoms with E-state index in [1.54, 1.807) is 12.1 Å². The highest BCUT2D eigenvalue weighted by Gasteiger charge is 2.20. The van der Waals surface area contributed by atoms with Crippen molar-refractivity contribution < 1.29 is 14.3 Å². The Morgan fingerprint density at radius 3 is 2.92 bits per heavy atom. The van der Waals surface area contributed by atoms with Crippen LogP contribution in [0.4, 0.5) is 10.1 Å². The van der Waals surface area contributed by atoms with Crippen molar-refractivity contribution in [1.29, 1.82) is 5.26 Å². The maximum absolute atomic E-state index is 13.5. The molecule has 2 heterocycles. The predicted octanol–water partition coefficient (Wildman–Crippen LogP) is 3.69. The zero-order valence-corrected chi connectivity index (χ0v) is 13.9. The number of piperidine rings is 1. The molecule has 1 aliphatic rings. The number of anilines is 1. The summed E-state index contributed by atoms with van der Waals surface area (Å²) in [6, 6.07) is 8.73. The molecule has 5 nitrogen and oxygen atoms in total. The molecular weight excluding hydrogens is 321 g/mol. The first-order chi connectivity index (χ1) is 12.0. The number of aromatic nitrogens is 1. The number of carboxylic acids is 1. The SMILES string of the molecule is CC1CCCN(c2ccc(-c3cc(C(=O)O)c(F)cn3)cc2C#N)C1. The lowest BCUT2D eigenvalue weighted by Crippen LogP contribution is -2.34. The van der Waals surface area contributed by atoms with E-state index in [4.69, 9.17) is 5.11 Å². The Labute approximate surface area is 145 Å². The highest BCUT2D eigenvalue weighted by molar-refractivity contribution is 5.89. The van der Waals surface area contributed by atoms with E-state index in [2.05, 4.69) is 22.9 Å². The summed E-state index contributed by atoms with van der Waals surface area (Å²) < 4.78 is 13.5. The second-order valence-corrected chi connectivity index (χ2v) is 6.39. The maximum Gasteiger partial charge on any atom is 0.338 e. The standard InChI is InChI=1S/C19H18FN3O2/c1-12-3-2-6-23(11-12)18-5-4-13(7-14(18)9-21)17-8-15(19(24)25)16(20)10-22-17/h4-5,7-8,10,12H,2-3,6,11H2,1H3,(H,24,25).